The molecule has 4 nitrogen and oxygen atoms in total. The molecular weight excluding hydrogens is 280 g/mol. The molecule has 1 aliphatic heterocycles. The molecule has 1 fully saturated rings. The second-order valence-corrected chi connectivity index (χ2v) is 5.33. The van der Waals surface area contributed by atoms with E-state index >= 15 is 0 Å². The molecule has 0 spiro atoms. The first-order chi connectivity index (χ1) is 10.6. The quantitative estimate of drug-likeness (QED) is 0.625. The van der Waals surface area contributed by atoms with Crippen LogP contribution < -0.4 is 0 Å². The van der Waals surface area contributed by atoms with Crippen LogP contribution >= 0.6 is 0 Å². The smallest absolute Gasteiger partial charge is 0.338 e. The lowest BCUT2D eigenvalue weighted by Gasteiger charge is -2.07. The van der Waals surface area contributed by atoms with E-state index in [1.807, 2.05) is 55.5 Å². The van der Waals surface area contributed by atoms with Crippen molar-refractivity contribution in [3.05, 3.63) is 59.5 Å². The first kappa shape index (κ1) is 14.6. The summed E-state index contributed by atoms with van der Waals surface area (Å²) in [6.07, 6.45) is 5.02. The first-order valence-corrected chi connectivity index (χ1v) is 7.30. The van der Waals surface area contributed by atoms with Crippen molar-refractivity contribution in [3.8, 4) is 0 Å². The second-order valence-electron chi connectivity index (χ2n) is 5.33. The largest absolute Gasteiger partial charge is 0.465 e. The number of furan rings is 1. The van der Waals surface area contributed by atoms with E-state index < -0.39 is 11.7 Å². The Hall–Kier alpha value is -2.33. The van der Waals surface area contributed by atoms with E-state index in [0.717, 1.165) is 16.9 Å². The molecule has 2 unspecified atom stereocenters. The van der Waals surface area contributed by atoms with E-state index in [9.17, 15) is 4.79 Å². The van der Waals surface area contributed by atoms with Crippen molar-refractivity contribution in [2.24, 2.45) is 0 Å². The number of hydrogen-bond acceptors (Lipinski definition) is 4. The summed E-state index contributed by atoms with van der Waals surface area (Å²) in [4.78, 5) is 11.7. The van der Waals surface area contributed by atoms with Crippen LogP contribution in [0.5, 0.6) is 0 Å². The summed E-state index contributed by atoms with van der Waals surface area (Å²) in [6.45, 7) is 4.06. The molecule has 114 valence electrons. The van der Waals surface area contributed by atoms with Crippen molar-refractivity contribution in [1.29, 1.82) is 0 Å². The average molecular weight is 298 g/mol. The first-order valence-electron chi connectivity index (χ1n) is 7.30. The molecule has 2 atom stereocenters. The van der Waals surface area contributed by atoms with Crippen molar-refractivity contribution in [2.75, 3.05) is 6.61 Å². The Bertz CT molecular complexity index is 670. The lowest BCUT2D eigenvalue weighted by atomic mass is 9.96. The molecule has 1 aromatic heterocycles. The minimum atomic E-state index is -0.574. The molecule has 0 bridgehead atoms. The Labute approximate surface area is 129 Å². The van der Waals surface area contributed by atoms with Gasteiger partial charge in [-0.05, 0) is 43.2 Å². The molecule has 0 N–H and O–H groups in total. The third-order valence-corrected chi connectivity index (χ3v) is 3.77. The Morgan fingerprint density at radius 2 is 2.05 bits per heavy atom. The maximum Gasteiger partial charge on any atom is 0.338 e. The van der Waals surface area contributed by atoms with Gasteiger partial charge in [0, 0.05) is 0 Å². The zero-order chi connectivity index (χ0) is 15.6. The standard InChI is InChI=1S/C18H18O4/c1-3-20-17(19)16-18(2,22-16)14-9-6-13(7-10-14)8-11-15-5-4-12-21-15/h4-12,16H,3H2,1-2H3. The van der Waals surface area contributed by atoms with Crippen LogP contribution in [0.4, 0.5) is 0 Å². The third kappa shape index (κ3) is 2.83. The van der Waals surface area contributed by atoms with Gasteiger partial charge < -0.3 is 13.9 Å². The Kier molecular flexibility index (Phi) is 3.86. The molecule has 3 rings (SSSR count). The monoisotopic (exact) mass is 298 g/mol. The van der Waals surface area contributed by atoms with Crippen LogP contribution in [0.1, 0.15) is 30.7 Å². The summed E-state index contributed by atoms with van der Waals surface area (Å²) < 4.78 is 15.8. The van der Waals surface area contributed by atoms with Gasteiger partial charge in [0.25, 0.3) is 0 Å². The van der Waals surface area contributed by atoms with Crippen LogP contribution in [0.3, 0.4) is 0 Å². The maximum absolute atomic E-state index is 11.7. The van der Waals surface area contributed by atoms with E-state index in [1.54, 1.807) is 13.2 Å². The third-order valence-electron chi connectivity index (χ3n) is 3.77. The zero-order valence-electron chi connectivity index (χ0n) is 12.6. The molecule has 4 heteroatoms. The number of rotatable bonds is 5. The summed E-state index contributed by atoms with van der Waals surface area (Å²) >= 11 is 0. The van der Waals surface area contributed by atoms with Gasteiger partial charge in [-0.25, -0.2) is 4.79 Å². The number of carbonyl (C=O) groups excluding carboxylic acids is 1. The van der Waals surface area contributed by atoms with Gasteiger partial charge in [0.2, 0.25) is 0 Å². The predicted molar refractivity (Wildman–Crippen MR) is 82.9 cm³/mol. The lowest BCUT2D eigenvalue weighted by molar-refractivity contribution is -0.144. The Morgan fingerprint density at radius 3 is 2.68 bits per heavy atom. The number of epoxide rings is 1. The fraction of sp³-hybridized carbons (Fsp3) is 0.278. The fourth-order valence-electron chi connectivity index (χ4n) is 2.41. The van der Waals surface area contributed by atoms with Crippen LogP contribution in [0.15, 0.2) is 47.1 Å². The van der Waals surface area contributed by atoms with E-state index in [4.69, 9.17) is 13.9 Å². The Morgan fingerprint density at radius 1 is 1.27 bits per heavy atom. The van der Waals surface area contributed by atoms with Gasteiger partial charge in [0.15, 0.2) is 6.10 Å². The van der Waals surface area contributed by atoms with Crippen molar-refractivity contribution >= 4 is 18.1 Å². The van der Waals surface area contributed by atoms with Crippen LogP contribution in [-0.2, 0) is 19.9 Å². The molecule has 2 aromatic rings. The number of carbonyl (C=O) groups is 1. The van der Waals surface area contributed by atoms with Gasteiger partial charge >= 0.3 is 5.97 Å². The summed E-state index contributed by atoms with van der Waals surface area (Å²) in [5.74, 6) is 0.510. The average Bonchev–Trinajstić information content (AvgIpc) is 2.97. The van der Waals surface area contributed by atoms with Gasteiger partial charge in [0.1, 0.15) is 11.4 Å². The van der Waals surface area contributed by atoms with Crippen LogP contribution in [-0.4, -0.2) is 18.7 Å². The molecule has 22 heavy (non-hydrogen) atoms. The van der Waals surface area contributed by atoms with E-state index in [0.29, 0.717) is 6.61 Å². The van der Waals surface area contributed by atoms with E-state index in [1.165, 1.54) is 0 Å². The molecule has 0 radical (unpaired) electrons. The molecule has 0 aliphatic carbocycles. The van der Waals surface area contributed by atoms with Gasteiger partial charge in [-0.15, -0.1) is 0 Å². The number of ether oxygens (including phenoxy) is 2. The van der Waals surface area contributed by atoms with Crippen LogP contribution in [0.2, 0.25) is 0 Å². The van der Waals surface area contributed by atoms with Gasteiger partial charge in [-0.2, -0.15) is 0 Å². The molecule has 0 amide bonds. The number of hydrogen-bond donors (Lipinski definition) is 0. The molecule has 1 aliphatic rings. The second kappa shape index (κ2) is 5.81. The van der Waals surface area contributed by atoms with Crippen molar-refractivity contribution in [3.63, 3.8) is 0 Å². The predicted octanol–water partition coefficient (Wildman–Crippen LogP) is 3.63. The highest BCUT2D eigenvalue weighted by Crippen LogP contribution is 2.46. The van der Waals surface area contributed by atoms with Crippen molar-refractivity contribution < 1.29 is 18.7 Å². The van der Waals surface area contributed by atoms with Crippen LogP contribution in [0, 0.1) is 0 Å². The zero-order valence-corrected chi connectivity index (χ0v) is 12.6. The van der Waals surface area contributed by atoms with Crippen LogP contribution in [0.25, 0.3) is 12.2 Å². The summed E-state index contributed by atoms with van der Waals surface area (Å²) in [5, 5.41) is 0. The number of benzene rings is 1. The molecule has 2 heterocycles. The summed E-state index contributed by atoms with van der Waals surface area (Å²) in [5.41, 5.74) is 1.45. The lowest BCUT2D eigenvalue weighted by Crippen LogP contribution is -2.18. The van der Waals surface area contributed by atoms with Crippen molar-refractivity contribution in [2.45, 2.75) is 25.6 Å². The topological polar surface area (TPSA) is 52.0 Å². The van der Waals surface area contributed by atoms with Gasteiger partial charge in [-0.1, -0.05) is 30.3 Å². The van der Waals surface area contributed by atoms with E-state index in [-0.39, 0.29) is 5.97 Å². The SMILES string of the molecule is CCOC(=O)C1OC1(C)c1ccc(C=Cc2ccco2)cc1. The molecule has 1 aromatic carbocycles. The van der Waals surface area contributed by atoms with Gasteiger partial charge in [0.05, 0.1) is 12.9 Å². The fourth-order valence-corrected chi connectivity index (χ4v) is 2.41. The Balaban J connectivity index is 1.69. The van der Waals surface area contributed by atoms with Gasteiger partial charge in [-0.3, -0.25) is 0 Å². The van der Waals surface area contributed by atoms with E-state index in [2.05, 4.69) is 0 Å². The molecule has 0 saturated carbocycles. The van der Waals surface area contributed by atoms with Crippen molar-refractivity contribution in [1.82, 2.24) is 0 Å². The highest BCUT2D eigenvalue weighted by Gasteiger charge is 2.59. The molecule has 1 saturated heterocycles. The summed E-state index contributed by atoms with van der Waals surface area (Å²) in [6, 6.07) is 11.7. The normalized spacial score (nSPS) is 23.6. The summed E-state index contributed by atoms with van der Waals surface area (Å²) in [7, 11) is 0. The minimum Gasteiger partial charge on any atom is -0.465 e. The minimum absolute atomic E-state index is 0.299. The highest BCUT2D eigenvalue weighted by molar-refractivity contribution is 5.80. The maximum atomic E-state index is 11.7. The number of esters is 1. The molecular formula is C18H18O4. The highest BCUT2D eigenvalue weighted by atomic mass is 16.7.